The van der Waals surface area contributed by atoms with Crippen LogP contribution in [0.2, 0.25) is 0 Å². The fourth-order valence-corrected chi connectivity index (χ4v) is 5.45. The minimum absolute atomic E-state index is 0.0521. The summed E-state index contributed by atoms with van der Waals surface area (Å²) in [7, 11) is -7.58. The summed E-state index contributed by atoms with van der Waals surface area (Å²) in [5.41, 5.74) is 1.29. The van der Waals surface area contributed by atoms with Crippen LogP contribution < -0.4 is 19.1 Å². The van der Waals surface area contributed by atoms with Crippen molar-refractivity contribution in [3.63, 3.8) is 0 Å². The van der Waals surface area contributed by atoms with Crippen molar-refractivity contribution in [1.29, 1.82) is 0 Å². The topological polar surface area (TPSA) is 148 Å². The molecule has 3 aromatic rings. The Balaban J connectivity index is 1.48. The summed E-state index contributed by atoms with van der Waals surface area (Å²) < 4.78 is 59.6. The number of anilines is 3. The van der Waals surface area contributed by atoms with E-state index in [2.05, 4.69) is 20.0 Å². The van der Waals surface area contributed by atoms with E-state index in [1.165, 1.54) is 41.7 Å². The minimum atomic E-state index is -3.94. The number of nitrogens with one attached hydrogen (secondary N) is 2. The molecule has 0 saturated carbocycles. The van der Waals surface area contributed by atoms with Crippen LogP contribution in [0.15, 0.2) is 65.7 Å². The number of nitrogens with zero attached hydrogens (tertiary/aromatic N) is 3. The first-order valence-corrected chi connectivity index (χ1v) is 13.7. The maximum Gasteiger partial charge on any atom is 0.267 e. The van der Waals surface area contributed by atoms with Crippen LogP contribution in [0.1, 0.15) is 12.6 Å². The van der Waals surface area contributed by atoms with E-state index in [0.717, 1.165) is 0 Å². The molecule has 0 radical (unpaired) electrons. The van der Waals surface area contributed by atoms with Crippen molar-refractivity contribution < 1.29 is 26.4 Å². The SMILES string of the molecule is CCS(=O)(=O)N1C[C@H](C(=O)Nc2ccc(S(=O)(=O)Nc3nccc(C)n3)cc2)Oc2ccccc21. The van der Waals surface area contributed by atoms with E-state index < -0.39 is 32.1 Å². The van der Waals surface area contributed by atoms with E-state index in [9.17, 15) is 21.6 Å². The molecule has 2 N–H and O–H groups in total. The minimum Gasteiger partial charge on any atom is -0.476 e. The number of benzene rings is 2. The van der Waals surface area contributed by atoms with Crippen molar-refractivity contribution in [2.75, 3.05) is 26.6 Å². The van der Waals surface area contributed by atoms with Crippen molar-refractivity contribution in [3.05, 3.63) is 66.5 Å². The summed E-state index contributed by atoms with van der Waals surface area (Å²) in [5.74, 6) is -0.476. The second kappa shape index (κ2) is 9.50. The van der Waals surface area contributed by atoms with Gasteiger partial charge in [-0.3, -0.25) is 9.10 Å². The summed E-state index contributed by atoms with van der Waals surface area (Å²) in [6, 6.07) is 13.7. The number of ether oxygens (including phenoxy) is 1. The van der Waals surface area contributed by atoms with Gasteiger partial charge in [0, 0.05) is 17.6 Å². The molecular formula is C22H23N5O6S2. The Morgan fingerprint density at radius 3 is 2.49 bits per heavy atom. The van der Waals surface area contributed by atoms with Crippen molar-refractivity contribution in [2.45, 2.75) is 24.8 Å². The molecule has 2 heterocycles. The number of hydrogen-bond acceptors (Lipinski definition) is 8. The highest BCUT2D eigenvalue weighted by Gasteiger charge is 2.36. The van der Waals surface area contributed by atoms with Gasteiger partial charge in [-0.1, -0.05) is 12.1 Å². The number of sulfonamides is 2. The van der Waals surface area contributed by atoms with Gasteiger partial charge in [-0.05, 0) is 56.3 Å². The van der Waals surface area contributed by atoms with Crippen LogP contribution in [0.4, 0.5) is 17.3 Å². The highest BCUT2D eigenvalue weighted by molar-refractivity contribution is 7.93. The van der Waals surface area contributed by atoms with Gasteiger partial charge in [-0.2, -0.15) is 0 Å². The van der Waals surface area contributed by atoms with E-state index in [1.54, 1.807) is 37.3 Å². The highest BCUT2D eigenvalue weighted by Crippen LogP contribution is 2.35. The summed E-state index contributed by atoms with van der Waals surface area (Å²) in [5, 5.41) is 2.64. The van der Waals surface area contributed by atoms with Gasteiger partial charge in [0.1, 0.15) is 5.75 Å². The Morgan fingerprint density at radius 2 is 1.80 bits per heavy atom. The van der Waals surface area contributed by atoms with Crippen LogP contribution >= 0.6 is 0 Å². The molecule has 1 aromatic heterocycles. The first-order valence-electron chi connectivity index (χ1n) is 10.6. The third-order valence-corrected chi connectivity index (χ3v) is 8.27. The Morgan fingerprint density at radius 1 is 1.09 bits per heavy atom. The predicted molar refractivity (Wildman–Crippen MR) is 130 cm³/mol. The molecule has 1 aliphatic heterocycles. The Labute approximate surface area is 203 Å². The van der Waals surface area contributed by atoms with Gasteiger partial charge in [0.05, 0.1) is 22.9 Å². The van der Waals surface area contributed by atoms with E-state index >= 15 is 0 Å². The summed E-state index contributed by atoms with van der Waals surface area (Å²) >= 11 is 0. The second-order valence-electron chi connectivity index (χ2n) is 7.65. The lowest BCUT2D eigenvalue weighted by Crippen LogP contribution is -2.49. The molecular weight excluding hydrogens is 494 g/mol. The lowest BCUT2D eigenvalue weighted by Gasteiger charge is -2.34. The van der Waals surface area contributed by atoms with Crippen LogP contribution in [-0.2, 0) is 24.8 Å². The zero-order valence-corrected chi connectivity index (χ0v) is 20.5. The molecule has 1 amide bonds. The second-order valence-corrected chi connectivity index (χ2v) is 11.5. The molecule has 0 bridgehead atoms. The van der Waals surface area contributed by atoms with Crippen LogP contribution in [-0.4, -0.2) is 51.1 Å². The first kappa shape index (κ1) is 24.4. The lowest BCUT2D eigenvalue weighted by molar-refractivity contribution is -0.122. The highest BCUT2D eigenvalue weighted by atomic mass is 32.2. The molecule has 0 aliphatic carbocycles. The fraction of sp³-hybridized carbons (Fsp3) is 0.227. The summed E-state index contributed by atoms with van der Waals surface area (Å²) in [4.78, 5) is 20.7. The van der Waals surface area contributed by atoms with E-state index in [1.807, 2.05) is 0 Å². The smallest absolute Gasteiger partial charge is 0.267 e. The molecule has 1 aliphatic rings. The van der Waals surface area contributed by atoms with Crippen LogP contribution in [0.3, 0.4) is 0 Å². The fourth-order valence-electron chi connectivity index (χ4n) is 3.38. The number of fused-ring (bicyclic) bond motifs is 1. The molecule has 35 heavy (non-hydrogen) atoms. The van der Waals surface area contributed by atoms with Gasteiger partial charge >= 0.3 is 0 Å². The van der Waals surface area contributed by atoms with Gasteiger partial charge in [-0.15, -0.1) is 0 Å². The van der Waals surface area contributed by atoms with Crippen molar-refractivity contribution in [1.82, 2.24) is 9.97 Å². The Kier molecular flexibility index (Phi) is 6.63. The van der Waals surface area contributed by atoms with Gasteiger partial charge < -0.3 is 10.1 Å². The zero-order valence-electron chi connectivity index (χ0n) is 18.9. The standard InChI is InChI=1S/C22H23N5O6S2/c1-3-34(29,30)27-14-20(33-19-7-5-4-6-18(19)27)21(28)25-16-8-10-17(11-9-16)35(31,32)26-22-23-13-12-15(2)24-22/h4-13,20H,3,14H2,1-2H3,(H,25,28)(H,23,24,26)/t20-/m1/s1. The zero-order chi connectivity index (χ0) is 25.2. The monoisotopic (exact) mass is 517 g/mol. The van der Waals surface area contributed by atoms with Crippen molar-refractivity contribution >= 4 is 43.3 Å². The third-order valence-electron chi connectivity index (χ3n) is 5.18. The van der Waals surface area contributed by atoms with E-state index in [0.29, 0.717) is 17.1 Å². The number of carbonyl (C=O) groups is 1. The molecule has 13 heteroatoms. The van der Waals surface area contributed by atoms with E-state index in [-0.39, 0.29) is 28.9 Å². The number of carbonyl (C=O) groups excluding carboxylic acids is 1. The first-order chi connectivity index (χ1) is 16.6. The van der Waals surface area contributed by atoms with Crippen molar-refractivity contribution in [3.8, 4) is 5.75 Å². The number of aromatic nitrogens is 2. The van der Waals surface area contributed by atoms with Gasteiger partial charge in [0.2, 0.25) is 16.0 Å². The van der Waals surface area contributed by atoms with Crippen LogP contribution in [0.25, 0.3) is 0 Å². The number of rotatable bonds is 7. The average molecular weight is 518 g/mol. The molecule has 0 fully saturated rings. The normalized spacial score (nSPS) is 15.6. The Bertz CT molecular complexity index is 1460. The largest absolute Gasteiger partial charge is 0.476 e. The van der Waals surface area contributed by atoms with E-state index in [4.69, 9.17) is 4.74 Å². The molecule has 1 atom stereocenters. The van der Waals surface area contributed by atoms with Gasteiger partial charge in [0.15, 0.2) is 6.10 Å². The lowest BCUT2D eigenvalue weighted by atomic mass is 10.2. The van der Waals surface area contributed by atoms with Gasteiger partial charge in [-0.25, -0.2) is 31.5 Å². The molecule has 2 aromatic carbocycles. The van der Waals surface area contributed by atoms with Gasteiger partial charge in [0.25, 0.3) is 15.9 Å². The number of aryl methyl sites for hydroxylation is 1. The number of para-hydroxylation sites is 2. The number of amides is 1. The molecule has 0 unspecified atom stereocenters. The molecule has 4 rings (SSSR count). The molecule has 0 spiro atoms. The quantitative estimate of drug-likeness (QED) is 0.484. The maximum atomic E-state index is 12.9. The van der Waals surface area contributed by atoms with Crippen LogP contribution in [0.5, 0.6) is 5.75 Å². The summed E-state index contributed by atoms with van der Waals surface area (Å²) in [6.45, 7) is 3.05. The summed E-state index contributed by atoms with van der Waals surface area (Å²) in [6.07, 6.45) is 0.340. The molecule has 11 nitrogen and oxygen atoms in total. The third kappa shape index (κ3) is 5.35. The molecule has 184 valence electrons. The number of hydrogen-bond donors (Lipinski definition) is 2. The Hall–Kier alpha value is -3.71. The average Bonchev–Trinajstić information content (AvgIpc) is 2.83. The maximum absolute atomic E-state index is 12.9. The predicted octanol–water partition coefficient (Wildman–Crippen LogP) is 2.14. The molecule has 0 saturated heterocycles. The van der Waals surface area contributed by atoms with Crippen LogP contribution in [0, 0.1) is 6.92 Å². The van der Waals surface area contributed by atoms with Crippen molar-refractivity contribution in [2.24, 2.45) is 0 Å².